The van der Waals surface area contributed by atoms with Crippen molar-refractivity contribution in [3.63, 3.8) is 0 Å². The number of aliphatic hydroxyl groups excluding tert-OH is 1. The third-order valence-electron chi connectivity index (χ3n) is 3.14. The van der Waals surface area contributed by atoms with Crippen LogP contribution in [0.1, 0.15) is 37.0 Å². The fraction of sp³-hybridized carbons (Fsp3) is 0.294. The van der Waals surface area contributed by atoms with Crippen molar-refractivity contribution in [2.24, 2.45) is 0 Å². The molecule has 19 heavy (non-hydrogen) atoms. The number of rotatable bonds is 5. The number of hydrogen-bond donors (Lipinski definition) is 1. The summed E-state index contributed by atoms with van der Waals surface area (Å²) in [4.78, 5) is 0. The number of hydrogen-bond acceptors (Lipinski definition) is 1. The minimum absolute atomic E-state index is 0.331. The van der Waals surface area contributed by atoms with Gasteiger partial charge in [0.05, 0.1) is 0 Å². The molecule has 0 heterocycles. The summed E-state index contributed by atoms with van der Waals surface area (Å²) in [5.41, 5.74) is 2.35. The van der Waals surface area contributed by atoms with E-state index in [1.165, 1.54) is 10.0 Å². The third kappa shape index (κ3) is 4.21. The van der Waals surface area contributed by atoms with Gasteiger partial charge < -0.3 is 0 Å². The molecule has 0 fully saturated rings. The summed E-state index contributed by atoms with van der Waals surface area (Å²) in [6.07, 6.45) is -0.346. The molecule has 1 N–H and O–H groups in total. The van der Waals surface area contributed by atoms with Crippen LogP contribution in [0.3, 0.4) is 0 Å². The Hall–Kier alpha value is -1.08. The summed E-state index contributed by atoms with van der Waals surface area (Å²) >= 11 is 0.331. The molecule has 0 aromatic heterocycles. The first-order valence-corrected chi connectivity index (χ1v) is 8.69. The second kappa shape index (κ2) is 6.91. The Balaban J connectivity index is 1.94. The van der Waals surface area contributed by atoms with E-state index in [9.17, 15) is 5.11 Å². The predicted molar refractivity (Wildman–Crippen MR) is 82.1 cm³/mol. The van der Waals surface area contributed by atoms with Crippen LogP contribution in [0, 0.1) is 0 Å². The van der Waals surface area contributed by atoms with E-state index >= 15 is 0 Å². The van der Waals surface area contributed by atoms with E-state index < -0.39 is 0 Å². The predicted octanol–water partition coefficient (Wildman–Crippen LogP) is 3.29. The maximum atomic E-state index is 10.2. The van der Waals surface area contributed by atoms with Crippen LogP contribution in [0.5, 0.6) is 0 Å². The fourth-order valence-corrected chi connectivity index (χ4v) is 3.76. The van der Waals surface area contributed by atoms with Gasteiger partial charge in [-0.15, -0.1) is 0 Å². The Labute approximate surface area is 121 Å². The molecule has 1 atom stereocenters. The molecule has 0 aliphatic carbocycles. The molecule has 1 nitrogen and oxygen atoms in total. The molecule has 0 aliphatic rings. The molecule has 0 aliphatic heterocycles. The molecule has 2 heteroatoms. The van der Waals surface area contributed by atoms with Gasteiger partial charge in [0.15, 0.2) is 0 Å². The van der Waals surface area contributed by atoms with E-state index in [0.717, 1.165) is 10.9 Å². The fourth-order valence-electron chi connectivity index (χ4n) is 1.89. The molecule has 2 aromatic carbocycles. The van der Waals surface area contributed by atoms with E-state index in [4.69, 9.17) is 0 Å². The minimum atomic E-state index is -0.346. The molecule has 0 amide bonds. The normalized spacial score (nSPS) is 12.6. The second-order valence-corrected chi connectivity index (χ2v) is 7.26. The number of aliphatic hydroxyl groups is 1. The molecule has 2 aromatic rings. The van der Waals surface area contributed by atoms with Gasteiger partial charge in [-0.05, 0) is 0 Å². The van der Waals surface area contributed by atoms with Crippen LogP contribution in [0.25, 0.3) is 0 Å². The Bertz CT molecular complexity index is 490. The SMILES string of the molecule is CC(C)c1ccc(C(O)C[Se]c2ccccc2)cc1. The van der Waals surface area contributed by atoms with Gasteiger partial charge in [-0.25, -0.2) is 0 Å². The Kier molecular flexibility index (Phi) is 5.21. The standard InChI is InChI=1S/C17H20OSe/c1-13(2)14-8-10-15(11-9-14)17(18)12-19-16-6-4-3-5-7-16/h3-11,13,17-18H,12H2,1-2H3. The first-order valence-electron chi connectivity index (χ1n) is 6.62. The van der Waals surface area contributed by atoms with Crippen LogP contribution in [-0.4, -0.2) is 20.1 Å². The Morgan fingerprint density at radius 3 is 2.05 bits per heavy atom. The van der Waals surface area contributed by atoms with Crippen molar-refractivity contribution in [3.8, 4) is 0 Å². The molecule has 0 bridgehead atoms. The van der Waals surface area contributed by atoms with E-state index in [-0.39, 0.29) is 6.10 Å². The summed E-state index contributed by atoms with van der Waals surface area (Å²) in [6, 6.07) is 18.8. The van der Waals surface area contributed by atoms with E-state index in [0.29, 0.717) is 20.9 Å². The molecule has 2 rings (SSSR count). The topological polar surface area (TPSA) is 20.2 Å². The summed E-state index contributed by atoms with van der Waals surface area (Å²) in [7, 11) is 0. The molecule has 0 spiro atoms. The van der Waals surface area contributed by atoms with Crippen molar-refractivity contribution in [2.45, 2.75) is 31.2 Å². The average molecular weight is 319 g/mol. The van der Waals surface area contributed by atoms with Crippen molar-refractivity contribution in [1.82, 2.24) is 0 Å². The first-order chi connectivity index (χ1) is 9.16. The van der Waals surface area contributed by atoms with Crippen LogP contribution in [0.4, 0.5) is 0 Å². The van der Waals surface area contributed by atoms with Gasteiger partial charge in [-0.3, -0.25) is 0 Å². The third-order valence-corrected chi connectivity index (χ3v) is 5.42. The zero-order chi connectivity index (χ0) is 13.7. The van der Waals surface area contributed by atoms with Crippen molar-refractivity contribution < 1.29 is 5.11 Å². The monoisotopic (exact) mass is 320 g/mol. The summed E-state index contributed by atoms with van der Waals surface area (Å²) < 4.78 is 1.34. The average Bonchev–Trinajstić information content (AvgIpc) is 2.46. The van der Waals surface area contributed by atoms with Crippen LogP contribution in [0.15, 0.2) is 54.6 Å². The number of benzene rings is 2. The zero-order valence-corrected chi connectivity index (χ0v) is 13.1. The first kappa shape index (κ1) is 14.3. The molecular formula is C17H20OSe. The van der Waals surface area contributed by atoms with Crippen LogP contribution in [-0.2, 0) is 0 Å². The van der Waals surface area contributed by atoms with E-state index in [2.05, 4.69) is 62.4 Å². The van der Waals surface area contributed by atoms with Gasteiger partial charge in [0.25, 0.3) is 0 Å². The van der Waals surface area contributed by atoms with Crippen molar-refractivity contribution in [1.29, 1.82) is 0 Å². The van der Waals surface area contributed by atoms with E-state index in [1.807, 2.05) is 6.07 Å². The molecule has 0 saturated carbocycles. The Morgan fingerprint density at radius 1 is 0.895 bits per heavy atom. The molecule has 1 unspecified atom stereocenters. The molecule has 0 radical (unpaired) electrons. The molecular weight excluding hydrogens is 299 g/mol. The summed E-state index contributed by atoms with van der Waals surface area (Å²) in [6.45, 7) is 4.37. The van der Waals surface area contributed by atoms with Crippen LogP contribution in [0.2, 0.25) is 5.32 Å². The summed E-state index contributed by atoms with van der Waals surface area (Å²) in [5, 5.41) is 11.1. The van der Waals surface area contributed by atoms with Crippen LogP contribution >= 0.6 is 0 Å². The van der Waals surface area contributed by atoms with Gasteiger partial charge >= 0.3 is 121 Å². The van der Waals surface area contributed by atoms with E-state index in [1.54, 1.807) is 0 Å². The van der Waals surface area contributed by atoms with Crippen molar-refractivity contribution >= 4 is 19.4 Å². The molecule has 0 saturated heterocycles. The molecule has 100 valence electrons. The summed E-state index contributed by atoms with van der Waals surface area (Å²) in [5.74, 6) is 0.541. The Morgan fingerprint density at radius 2 is 1.47 bits per heavy atom. The second-order valence-electron chi connectivity index (χ2n) is 4.96. The van der Waals surface area contributed by atoms with Gasteiger partial charge in [-0.2, -0.15) is 0 Å². The van der Waals surface area contributed by atoms with Gasteiger partial charge in [0, 0.05) is 0 Å². The van der Waals surface area contributed by atoms with Gasteiger partial charge in [0.2, 0.25) is 0 Å². The van der Waals surface area contributed by atoms with Crippen molar-refractivity contribution in [3.05, 3.63) is 65.7 Å². The maximum absolute atomic E-state index is 10.2. The van der Waals surface area contributed by atoms with Gasteiger partial charge in [-0.1, -0.05) is 0 Å². The van der Waals surface area contributed by atoms with Crippen molar-refractivity contribution in [2.75, 3.05) is 0 Å². The zero-order valence-electron chi connectivity index (χ0n) is 11.4. The quantitative estimate of drug-likeness (QED) is 0.839. The van der Waals surface area contributed by atoms with Gasteiger partial charge in [0.1, 0.15) is 0 Å². The van der Waals surface area contributed by atoms with Crippen LogP contribution < -0.4 is 4.46 Å².